The minimum atomic E-state index is 0. The van der Waals surface area contributed by atoms with Gasteiger partial charge in [0.25, 0.3) is 0 Å². The number of carbonyl (C=O) groups excluding carboxylic acids is 1. The Hall–Kier alpha value is -0.150. The third-order valence-corrected chi connectivity index (χ3v) is 0.351. The number of halogens is 1. The Balaban J connectivity index is 0. The van der Waals surface area contributed by atoms with Crippen LogP contribution < -0.4 is 5.73 Å². The Bertz CT molecular complexity index is 62.7. The number of nitrogens with two attached hydrogens (primary N) is 1. The van der Waals surface area contributed by atoms with Crippen molar-refractivity contribution in [2.75, 3.05) is 6.54 Å². The number of aldehydes is 1. The average Bonchev–Trinajstić information content (AvgIpc) is 1.61. The molecular weight excluding hydrogens is 158 g/mol. The van der Waals surface area contributed by atoms with Crippen LogP contribution in [0.15, 0.2) is 12.2 Å². The third kappa shape index (κ3) is 10.7. The van der Waals surface area contributed by atoms with Gasteiger partial charge in [0.2, 0.25) is 0 Å². The minimum Gasteiger partial charge on any atom is -0.327 e. The van der Waals surface area contributed by atoms with Crippen molar-refractivity contribution in [2.45, 2.75) is 0 Å². The van der Waals surface area contributed by atoms with E-state index in [1.807, 2.05) is 0 Å². The van der Waals surface area contributed by atoms with E-state index in [2.05, 4.69) is 0 Å². The first-order valence-corrected chi connectivity index (χ1v) is 1.72. The van der Waals surface area contributed by atoms with Crippen LogP contribution in [0.3, 0.4) is 0 Å². The van der Waals surface area contributed by atoms with Crippen LogP contribution >= 0.6 is 17.0 Å². The fourth-order valence-electron chi connectivity index (χ4n) is 0.134. The van der Waals surface area contributed by atoms with Crippen molar-refractivity contribution in [3.63, 3.8) is 0 Å². The van der Waals surface area contributed by atoms with Crippen molar-refractivity contribution < 1.29 is 4.79 Å². The summed E-state index contributed by atoms with van der Waals surface area (Å²) in [5.41, 5.74) is 4.97. The molecule has 3 heteroatoms. The van der Waals surface area contributed by atoms with Gasteiger partial charge in [0.15, 0.2) is 0 Å². The summed E-state index contributed by atoms with van der Waals surface area (Å²) in [6, 6.07) is 0. The van der Waals surface area contributed by atoms with E-state index >= 15 is 0 Å². The van der Waals surface area contributed by atoms with Crippen molar-refractivity contribution in [3.05, 3.63) is 12.2 Å². The third-order valence-electron chi connectivity index (χ3n) is 0.351. The van der Waals surface area contributed by atoms with Crippen LogP contribution in [0.2, 0.25) is 0 Å². The molecule has 0 aliphatic heterocycles. The molecule has 0 saturated carbocycles. The molecule has 0 aromatic heterocycles. The lowest BCUT2D eigenvalue weighted by molar-refractivity contribution is -0.104. The Kier molecular flexibility index (Phi) is 13.2. The largest absolute Gasteiger partial charge is 0.327 e. The Labute approximate surface area is 53.2 Å². The molecule has 0 rings (SSSR count). The lowest BCUT2D eigenvalue weighted by Gasteiger charge is -1.67. The number of hydrogen-bond acceptors (Lipinski definition) is 2. The van der Waals surface area contributed by atoms with E-state index in [0.717, 1.165) is 0 Å². The lowest BCUT2D eigenvalue weighted by atomic mass is 10.5. The summed E-state index contributed by atoms with van der Waals surface area (Å²) >= 11 is 0. The Morgan fingerprint density at radius 1 is 1.57 bits per heavy atom. The number of carbonyl (C=O) groups is 1. The van der Waals surface area contributed by atoms with Crippen LogP contribution in [0.4, 0.5) is 0 Å². The number of hydrogen-bond donors (Lipinski definition) is 1. The first-order chi connectivity index (χ1) is 2.91. The van der Waals surface area contributed by atoms with Crippen molar-refractivity contribution in [2.24, 2.45) is 5.73 Å². The molecule has 0 radical (unpaired) electrons. The quantitative estimate of drug-likeness (QED) is 0.472. The molecule has 0 heterocycles. The maximum Gasteiger partial charge on any atom is 0.142 e. The maximum absolute atomic E-state index is 9.42. The molecule has 42 valence electrons. The molecule has 2 N–H and O–H groups in total. The molecular formula is C4H8BrNO. The maximum atomic E-state index is 9.42. The van der Waals surface area contributed by atoms with Gasteiger partial charge in [-0.05, 0) is 6.08 Å². The molecule has 0 atom stereocenters. The molecule has 0 spiro atoms. The molecule has 0 aromatic carbocycles. The zero-order chi connectivity index (χ0) is 4.83. The van der Waals surface area contributed by atoms with E-state index in [4.69, 9.17) is 5.73 Å². The van der Waals surface area contributed by atoms with Gasteiger partial charge in [0.05, 0.1) is 0 Å². The first-order valence-electron chi connectivity index (χ1n) is 1.72. The monoisotopic (exact) mass is 165 g/mol. The topological polar surface area (TPSA) is 43.1 Å². The number of allylic oxidation sites excluding steroid dienone is 1. The van der Waals surface area contributed by atoms with Crippen LogP contribution in [-0.4, -0.2) is 12.8 Å². The minimum absolute atomic E-state index is 0. The second kappa shape index (κ2) is 9.28. The zero-order valence-corrected chi connectivity index (χ0v) is 5.55. The molecule has 2 nitrogen and oxygen atoms in total. The molecule has 0 fully saturated rings. The van der Waals surface area contributed by atoms with Gasteiger partial charge in [-0.1, -0.05) is 6.08 Å². The normalized spacial score (nSPS) is 8.14. The van der Waals surface area contributed by atoms with Gasteiger partial charge in [0.1, 0.15) is 6.29 Å². The van der Waals surface area contributed by atoms with Crippen molar-refractivity contribution in [1.82, 2.24) is 0 Å². The summed E-state index contributed by atoms with van der Waals surface area (Å²) in [4.78, 5) is 9.42. The van der Waals surface area contributed by atoms with Gasteiger partial charge in [-0.3, -0.25) is 4.79 Å². The van der Waals surface area contributed by atoms with E-state index in [1.54, 1.807) is 6.08 Å². The predicted molar refractivity (Wildman–Crippen MR) is 34.6 cm³/mol. The highest BCUT2D eigenvalue weighted by molar-refractivity contribution is 8.93. The average molecular weight is 166 g/mol. The summed E-state index contributed by atoms with van der Waals surface area (Å²) in [6.45, 7) is 0.443. The zero-order valence-electron chi connectivity index (χ0n) is 3.83. The van der Waals surface area contributed by atoms with Gasteiger partial charge < -0.3 is 5.73 Å². The summed E-state index contributed by atoms with van der Waals surface area (Å²) in [5.74, 6) is 0. The molecule has 0 aliphatic carbocycles. The molecule has 0 saturated heterocycles. The molecule has 7 heavy (non-hydrogen) atoms. The molecule has 0 aromatic rings. The second-order valence-electron chi connectivity index (χ2n) is 0.800. The van der Waals surface area contributed by atoms with Crippen LogP contribution in [0.1, 0.15) is 0 Å². The van der Waals surface area contributed by atoms with Gasteiger partial charge in [0, 0.05) is 6.54 Å². The SMILES string of the molecule is Br.NCC=CC=O. The Morgan fingerprint density at radius 2 is 2.14 bits per heavy atom. The second-order valence-corrected chi connectivity index (χ2v) is 0.800. The highest BCUT2D eigenvalue weighted by Crippen LogP contribution is 1.56. The van der Waals surface area contributed by atoms with Crippen molar-refractivity contribution in [1.29, 1.82) is 0 Å². The molecule has 0 amide bonds. The van der Waals surface area contributed by atoms with Gasteiger partial charge >= 0.3 is 0 Å². The summed E-state index contributed by atoms with van der Waals surface area (Å²) in [7, 11) is 0. The van der Waals surface area contributed by atoms with E-state index in [9.17, 15) is 4.79 Å². The van der Waals surface area contributed by atoms with Gasteiger partial charge in [-0.15, -0.1) is 17.0 Å². The fourth-order valence-corrected chi connectivity index (χ4v) is 0.134. The van der Waals surface area contributed by atoms with Gasteiger partial charge in [-0.25, -0.2) is 0 Å². The van der Waals surface area contributed by atoms with Crippen LogP contribution in [0.5, 0.6) is 0 Å². The predicted octanol–water partition coefficient (Wildman–Crippen LogP) is 0.278. The highest BCUT2D eigenvalue weighted by atomic mass is 79.9. The summed E-state index contributed by atoms with van der Waals surface area (Å²) < 4.78 is 0. The first kappa shape index (κ1) is 9.97. The fraction of sp³-hybridized carbons (Fsp3) is 0.250. The summed E-state index contributed by atoms with van der Waals surface area (Å²) in [6.07, 6.45) is 3.67. The van der Waals surface area contributed by atoms with E-state index in [-0.39, 0.29) is 17.0 Å². The smallest absolute Gasteiger partial charge is 0.142 e. The molecule has 0 aliphatic rings. The highest BCUT2D eigenvalue weighted by Gasteiger charge is 1.58. The van der Waals surface area contributed by atoms with Crippen LogP contribution in [0, 0.1) is 0 Å². The lowest BCUT2D eigenvalue weighted by Crippen LogP contribution is -1.91. The van der Waals surface area contributed by atoms with E-state index in [0.29, 0.717) is 12.8 Å². The summed E-state index contributed by atoms with van der Waals surface area (Å²) in [5, 5.41) is 0. The van der Waals surface area contributed by atoms with E-state index < -0.39 is 0 Å². The standard InChI is InChI=1S/C4H7NO.BrH/c5-3-1-2-4-6;/h1-2,4H,3,5H2;1H. The Morgan fingerprint density at radius 3 is 2.29 bits per heavy atom. The van der Waals surface area contributed by atoms with Crippen LogP contribution in [0.25, 0.3) is 0 Å². The van der Waals surface area contributed by atoms with Crippen LogP contribution in [-0.2, 0) is 4.79 Å². The van der Waals surface area contributed by atoms with Gasteiger partial charge in [-0.2, -0.15) is 0 Å². The van der Waals surface area contributed by atoms with Crippen molar-refractivity contribution in [3.8, 4) is 0 Å². The van der Waals surface area contributed by atoms with E-state index in [1.165, 1.54) is 6.08 Å². The number of rotatable bonds is 2. The molecule has 0 bridgehead atoms. The molecule has 0 unspecified atom stereocenters. The van der Waals surface area contributed by atoms with Crippen molar-refractivity contribution >= 4 is 23.3 Å².